The molecular formula is C15H26N2O2S. The van der Waals surface area contributed by atoms with Gasteiger partial charge in [0, 0.05) is 17.8 Å². The summed E-state index contributed by atoms with van der Waals surface area (Å²) in [6.45, 7) is 2.12. The largest absolute Gasteiger partial charge is 0.302 e. The lowest BCUT2D eigenvalue weighted by atomic mass is 9.94. The molecule has 1 N–H and O–H groups in total. The first-order chi connectivity index (χ1) is 9.67. The van der Waals surface area contributed by atoms with Crippen LogP contribution in [0.15, 0.2) is 0 Å². The van der Waals surface area contributed by atoms with Gasteiger partial charge in [0.1, 0.15) is 0 Å². The van der Waals surface area contributed by atoms with Crippen molar-refractivity contribution in [3.8, 4) is 0 Å². The maximum absolute atomic E-state index is 12.5. The number of thioether (sulfide) groups is 1. The number of carbonyl (C=O) groups is 2. The molecular weight excluding hydrogens is 272 g/mol. The minimum Gasteiger partial charge on any atom is -0.302 e. The van der Waals surface area contributed by atoms with E-state index in [0.717, 1.165) is 37.9 Å². The monoisotopic (exact) mass is 298 g/mol. The van der Waals surface area contributed by atoms with Gasteiger partial charge in [-0.05, 0) is 25.5 Å². The summed E-state index contributed by atoms with van der Waals surface area (Å²) in [6, 6.07) is 0.191. The normalized spacial score (nSPS) is 26.3. The molecule has 0 aromatic heterocycles. The van der Waals surface area contributed by atoms with Crippen molar-refractivity contribution in [2.45, 2.75) is 70.0 Å². The molecule has 114 valence electrons. The lowest BCUT2D eigenvalue weighted by Gasteiger charge is -2.30. The summed E-state index contributed by atoms with van der Waals surface area (Å²) < 4.78 is 0. The highest BCUT2D eigenvalue weighted by Gasteiger charge is 2.42. The third-order valence-electron chi connectivity index (χ3n) is 4.42. The zero-order valence-corrected chi connectivity index (χ0v) is 13.4. The molecule has 2 amide bonds. The van der Waals surface area contributed by atoms with Gasteiger partial charge < -0.3 is 5.32 Å². The molecule has 0 spiro atoms. The molecule has 5 heteroatoms. The Morgan fingerprint density at radius 2 is 2.00 bits per heavy atom. The summed E-state index contributed by atoms with van der Waals surface area (Å²) in [5.74, 6) is 1.03. The number of rotatable bonds is 6. The minimum atomic E-state index is -0.290. The lowest BCUT2D eigenvalue weighted by Crippen LogP contribution is -2.47. The van der Waals surface area contributed by atoms with E-state index < -0.39 is 0 Å². The van der Waals surface area contributed by atoms with Crippen molar-refractivity contribution in [1.29, 1.82) is 0 Å². The van der Waals surface area contributed by atoms with Crippen LogP contribution in [0.2, 0.25) is 0 Å². The molecule has 4 nitrogen and oxygen atoms in total. The summed E-state index contributed by atoms with van der Waals surface area (Å²) in [7, 11) is 0. The quantitative estimate of drug-likeness (QED) is 0.764. The fourth-order valence-corrected chi connectivity index (χ4v) is 4.01. The number of hydrogen-bond donors (Lipinski definition) is 1. The molecule has 1 saturated heterocycles. The Kier molecular flexibility index (Phi) is 5.90. The van der Waals surface area contributed by atoms with Crippen LogP contribution in [0.4, 0.5) is 0 Å². The predicted octanol–water partition coefficient (Wildman–Crippen LogP) is 2.18. The molecule has 2 rings (SSSR count). The lowest BCUT2D eigenvalue weighted by molar-refractivity contribution is -0.142. The van der Waals surface area contributed by atoms with Gasteiger partial charge in [-0.3, -0.25) is 14.5 Å². The maximum Gasteiger partial charge on any atom is 0.247 e. The van der Waals surface area contributed by atoms with E-state index in [0.29, 0.717) is 12.5 Å². The fourth-order valence-electron chi connectivity index (χ4n) is 3.27. The van der Waals surface area contributed by atoms with Gasteiger partial charge in [0.25, 0.3) is 0 Å². The standard InChI is InChI=1S/C15H26N2O2S/c1-3-11(10-20-2)16-13-9-14(18)17(15(13)19)12-7-5-4-6-8-12/h11-13,16H,3-10H2,1-2H3. The number of amides is 2. The Balaban J connectivity index is 1.96. The third-order valence-corrected chi connectivity index (χ3v) is 5.16. The Hall–Kier alpha value is -0.550. The summed E-state index contributed by atoms with van der Waals surface area (Å²) in [5, 5.41) is 3.38. The average Bonchev–Trinajstić information content (AvgIpc) is 2.74. The number of nitrogens with one attached hydrogen (secondary N) is 1. The molecule has 1 aliphatic heterocycles. The van der Waals surface area contributed by atoms with E-state index in [4.69, 9.17) is 0 Å². The Labute approximate surface area is 126 Å². The molecule has 20 heavy (non-hydrogen) atoms. The molecule has 0 aromatic carbocycles. The van der Waals surface area contributed by atoms with E-state index in [2.05, 4.69) is 18.5 Å². The maximum atomic E-state index is 12.5. The first-order valence-electron chi connectivity index (χ1n) is 7.78. The molecule has 1 heterocycles. The molecule has 0 aromatic rings. The third kappa shape index (κ3) is 3.55. The fraction of sp³-hybridized carbons (Fsp3) is 0.867. The van der Waals surface area contributed by atoms with Crippen LogP contribution in [-0.2, 0) is 9.59 Å². The van der Waals surface area contributed by atoms with Crippen LogP contribution >= 0.6 is 11.8 Å². The van der Waals surface area contributed by atoms with Crippen molar-refractivity contribution in [3.63, 3.8) is 0 Å². The van der Waals surface area contributed by atoms with Crippen LogP contribution in [0.5, 0.6) is 0 Å². The van der Waals surface area contributed by atoms with Crippen LogP contribution in [-0.4, -0.2) is 46.8 Å². The summed E-state index contributed by atoms with van der Waals surface area (Å²) >= 11 is 1.78. The van der Waals surface area contributed by atoms with Crippen molar-refractivity contribution < 1.29 is 9.59 Å². The van der Waals surface area contributed by atoms with Crippen LogP contribution in [0.25, 0.3) is 0 Å². The highest BCUT2D eigenvalue weighted by Crippen LogP contribution is 2.27. The van der Waals surface area contributed by atoms with Crippen LogP contribution in [0, 0.1) is 0 Å². The van der Waals surface area contributed by atoms with Gasteiger partial charge in [-0.15, -0.1) is 0 Å². The van der Waals surface area contributed by atoms with Crippen LogP contribution < -0.4 is 5.32 Å². The molecule has 1 saturated carbocycles. The Morgan fingerprint density at radius 1 is 1.30 bits per heavy atom. The van der Waals surface area contributed by atoms with Gasteiger partial charge in [-0.25, -0.2) is 0 Å². The second kappa shape index (κ2) is 7.46. The SMILES string of the molecule is CCC(CSC)NC1CC(=O)N(C2CCCCC2)C1=O. The number of nitrogens with zero attached hydrogens (tertiary/aromatic N) is 1. The highest BCUT2D eigenvalue weighted by atomic mass is 32.2. The molecule has 0 radical (unpaired) electrons. The molecule has 1 aliphatic carbocycles. The summed E-state index contributed by atoms with van der Waals surface area (Å²) in [4.78, 5) is 26.3. The average molecular weight is 298 g/mol. The minimum absolute atomic E-state index is 0.0152. The number of carbonyl (C=O) groups excluding carboxylic acids is 2. The molecule has 2 aliphatic rings. The molecule has 2 fully saturated rings. The molecule has 0 bridgehead atoms. The van der Waals surface area contributed by atoms with Crippen LogP contribution in [0.1, 0.15) is 51.9 Å². The zero-order valence-electron chi connectivity index (χ0n) is 12.6. The molecule has 2 unspecified atom stereocenters. The van der Waals surface area contributed by atoms with Gasteiger partial charge in [0.2, 0.25) is 11.8 Å². The second-order valence-corrected chi connectivity index (χ2v) is 6.79. The van der Waals surface area contributed by atoms with E-state index in [9.17, 15) is 9.59 Å². The summed E-state index contributed by atoms with van der Waals surface area (Å²) in [6.07, 6.45) is 8.91. The zero-order chi connectivity index (χ0) is 14.5. The van der Waals surface area contributed by atoms with Gasteiger partial charge in [-0.2, -0.15) is 11.8 Å². The van der Waals surface area contributed by atoms with E-state index in [1.807, 2.05) is 0 Å². The van der Waals surface area contributed by atoms with Gasteiger partial charge in [-0.1, -0.05) is 26.2 Å². The summed E-state index contributed by atoms with van der Waals surface area (Å²) in [5.41, 5.74) is 0. The van der Waals surface area contributed by atoms with E-state index >= 15 is 0 Å². The van der Waals surface area contributed by atoms with Crippen molar-refractivity contribution in [2.24, 2.45) is 0 Å². The highest BCUT2D eigenvalue weighted by molar-refractivity contribution is 7.98. The number of hydrogen-bond acceptors (Lipinski definition) is 4. The second-order valence-electron chi connectivity index (χ2n) is 5.88. The van der Waals surface area contributed by atoms with Crippen LogP contribution in [0.3, 0.4) is 0 Å². The van der Waals surface area contributed by atoms with Crippen molar-refractivity contribution in [1.82, 2.24) is 10.2 Å². The predicted molar refractivity (Wildman–Crippen MR) is 82.7 cm³/mol. The topological polar surface area (TPSA) is 49.4 Å². The number of likely N-dealkylation sites (tertiary alicyclic amines) is 1. The van der Waals surface area contributed by atoms with Gasteiger partial charge >= 0.3 is 0 Å². The van der Waals surface area contributed by atoms with Crippen molar-refractivity contribution >= 4 is 23.6 Å². The smallest absolute Gasteiger partial charge is 0.247 e. The Bertz CT molecular complexity index is 356. The van der Waals surface area contributed by atoms with E-state index in [1.165, 1.54) is 6.42 Å². The first kappa shape index (κ1) is 15.8. The van der Waals surface area contributed by atoms with E-state index in [1.54, 1.807) is 16.7 Å². The van der Waals surface area contributed by atoms with Gasteiger partial charge in [0.05, 0.1) is 12.5 Å². The van der Waals surface area contributed by atoms with Gasteiger partial charge in [0.15, 0.2) is 0 Å². The van der Waals surface area contributed by atoms with E-state index in [-0.39, 0.29) is 23.9 Å². The Morgan fingerprint density at radius 3 is 2.60 bits per heavy atom. The first-order valence-corrected chi connectivity index (χ1v) is 9.17. The van der Waals surface area contributed by atoms with Crippen molar-refractivity contribution in [3.05, 3.63) is 0 Å². The number of imide groups is 1. The van der Waals surface area contributed by atoms with Crippen molar-refractivity contribution in [2.75, 3.05) is 12.0 Å². The molecule has 2 atom stereocenters.